The lowest BCUT2D eigenvalue weighted by atomic mass is 10.0. The topological polar surface area (TPSA) is 92.4 Å². The Morgan fingerprint density at radius 1 is 1.25 bits per heavy atom. The Bertz CT molecular complexity index is 1590. The molecule has 0 aliphatic carbocycles. The Balaban J connectivity index is 1.50. The highest BCUT2D eigenvalue weighted by molar-refractivity contribution is 7.22. The molecule has 2 aliphatic rings. The highest BCUT2D eigenvalue weighted by Crippen LogP contribution is 2.42. The highest BCUT2D eigenvalue weighted by Gasteiger charge is 2.36. The Morgan fingerprint density at radius 3 is 2.85 bits per heavy atom. The van der Waals surface area contributed by atoms with Gasteiger partial charge in [-0.3, -0.25) is 4.90 Å². The minimum Gasteiger partial charge on any atom is -0.462 e. The zero-order valence-electron chi connectivity index (χ0n) is 21.4. The fourth-order valence-corrected chi connectivity index (χ4v) is 6.39. The number of benzene rings is 2. The third kappa shape index (κ3) is 5.11. The van der Waals surface area contributed by atoms with Crippen LogP contribution in [0.15, 0.2) is 24.3 Å². The number of nitrogen functional groups attached to an aromatic ring is 1. The first-order valence-corrected chi connectivity index (χ1v) is 13.9. The number of fused-ring (bicyclic) bond motifs is 2. The number of thiazole rings is 1. The maximum atomic E-state index is 16.4. The van der Waals surface area contributed by atoms with Gasteiger partial charge >= 0.3 is 6.01 Å². The minimum atomic E-state index is -3.06. The fraction of sp³-hybridized carbons (Fsp3) is 0.423. The lowest BCUT2D eigenvalue weighted by Gasteiger charge is -2.26. The number of ether oxygens (including phenoxy) is 1. The van der Waals surface area contributed by atoms with E-state index in [0.717, 1.165) is 4.70 Å². The van der Waals surface area contributed by atoms with Crippen LogP contribution < -0.4 is 20.7 Å². The summed E-state index contributed by atoms with van der Waals surface area (Å²) >= 11 is 7.93. The van der Waals surface area contributed by atoms with Crippen molar-refractivity contribution in [2.24, 2.45) is 0 Å². The van der Waals surface area contributed by atoms with Crippen LogP contribution >= 0.6 is 22.9 Å². The van der Waals surface area contributed by atoms with Crippen molar-refractivity contribution in [3.63, 3.8) is 0 Å². The average molecular weight is 596 g/mol. The number of halogens is 5. The van der Waals surface area contributed by atoms with E-state index in [1.165, 1.54) is 22.3 Å². The molecule has 2 aromatic carbocycles. The molecule has 4 heterocycles. The van der Waals surface area contributed by atoms with Crippen molar-refractivity contribution in [3.05, 3.63) is 35.1 Å². The van der Waals surface area contributed by atoms with Gasteiger partial charge in [-0.25, -0.2) is 22.5 Å². The quantitative estimate of drug-likeness (QED) is 0.320. The predicted molar refractivity (Wildman–Crippen MR) is 149 cm³/mol. The lowest BCUT2D eigenvalue weighted by Crippen LogP contribution is -2.39. The van der Waals surface area contributed by atoms with Gasteiger partial charge in [0.2, 0.25) is 0 Å². The summed E-state index contributed by atoms with van der Waals surface area (Å²) in [6.45, 7) is -0.346. The molecule has 0 radical (unpaired) electrons. The van der Waals surface area contributed by atoms with Gasteiger partial charge in [-0.05, 0) is 25.6 Å². The van der Waals surface area contributed by atoms with Gasteiger partial charge in [0.1, 0.15) is 24.1 Å². The van der Waals surface area contributed by atoms with Gasteiger partial charge in [-0.15, -0.1) is 0 Å². The first-order valence-electron chi connectivity index (χ1n) is 12.8. The monoisotopic (exact) mass is 595 g/mol. The number of likely N-dealkylation sites (tertiary alicyclic amines) is 1. The van der Waals surface area contributed by atoms with Crippen molar-refractivity contribution in [1.82, 2.24) is 25.2 Å². The number of nitrogens with one attached hydrogen (secondary N) is 1. The number of likely N-dealkylation sites (N-methyl/N-ethyl adjacent to an activating group) is 1. The number of aromatic nitrogens is 3. The molecule has 2 fully saturated rings. The molecule has 2 aromatic heterocycles. The van der Waals surface area contributed by atoms with Gasteiger partial charge in [-0.1, -0.05) is 35.1 Å². The van der Waals surface area contributed by atoms with E-state index in [1.807, 2.05) is 11.0 Å². The van der Waals surface area contributed by atoms with E-state index >= 15 is 4.39 Å². The molecule has 0 saturated carbocycles. The molecule has 2 atom stereocenters. The number of alkyl halides is 3. The van der Waals surface area contributed by atoms with Crippen LogP contribution in [-0.2, 0) is 0 Å². The zero-order valence-corrected chi connectivity index (χ0v) is 23.0. The first-order chi connectivity index (χ1) is 19.1. The van der Waals surface area contributed by atoms with E-state index in [0.29, 0.717) is 16.2 Å². The van der Waals surface area contributed by atoms with Crippen LogP contribution in [0.2, 0.25) is 5.02 Å². The van der Waals surface area contributed by atoms with Gasteiger partial charge in [0.25, 0.3) is 5.92 Å². The normalized spacial score (nSPS) is 21.8. The van der Waals surface area contributed by atoms with E-state index in [4.69, 9.17) is 22.1 Å². The second-order valence-electron chi connectivity index (χ2n) is 10.2. The van der Waals surface area contributed by atoms with Gasteiger partial charge in [-0.2, -0.15) is 9.97 Å². The third-order valence-electron chi connectivity index (χ3n) is 7.25. The summed E-state index contributed by atoms with van der Waals surface area (Å²) in [4.78, 5) is 16.4. The Kier molecular flexibility index (Phi) is 7.09. The largest absolute Gasteiger partial charge is 0.462 e. The fourth-order valence-electron chi connectivity index (χ4n) is 5.34. The summed E-state index contributed by atoms with van der Waals surface area (Å²) in [6.07, 6.45) is -0.710. The van der Waals surface area contributed by atoms with E-state index in [1.54, 1.807) is 19.2 Å². The minimum absolute atomic E-state index is 0.0452. The van der Waals surface area contributed by atoms with Crippen LogP contribution in [0, 0.1) is 5.82 Å². The third-order valence-corrected chi connectivity index (χ3v) is 8.40. The van der Waals surface area contributed by atoms with Gasteiger partial charge < -0.3 is 20.7 Å². The second-order valence-corrected chi connectivity index (χ2v) is 11.6. The molecule has 2 saturated heterocycles. The summed E-state index contributed by atoms with van der Waals surface area (Å²) in [5.74, 6) is -3.74. The molecule has 40 heavy (non-hydrogen) atoms. The SMILES string of the molecule is CN1C[C@@H](F)C[C@H]1COc1nc(N2CCNCC(F)(F)C2)c2cc(Cl)c(-c3cccc4sc(N)nc34)c(F)c2n1. The number of nitrogens with two attached hydrogens (primary N) is 1. The molecule has 212 valence electrons. The second kappa shape index (κ2) is 10.4. The van der Waals surface area contributed by atoms with E-state index in [-0.39, 0.29) is 72.0 Å². The van der Waals surface area contributed by atoms with E-state index in [2.05, 4.69) is 20.3 Å². The van der Waals surface area contributed by atoms with Crippen molar-refractivity contribution in [3.8, 4) is 17.1 Å². The van der Waals surface area contributed by atoms with Crippen molar-refractivity contribution >= 4 is 55.0 Å². The Labute approximate surface area is 236 Å². The number of rotatable bonds is 5. The van der Waals surface area contributed by atoms with Crippen molar-refractivity contribution in [2.75, 3.05) is 57.0 Å². The standard InChI is InChI=1S/C26H26ClF4N7OS/c1-37-9-13(28)7-14(37)10-39-25-35-22-16(23(36-25)38-6-5-33-11-26(30,31)12-38)8-17(27)19(20(22)29)15-3-2-4-18-21(15)34-24(32)40-18/h2-4,8,13-14,33H,5-7,9-12H2,1H3,(H2,32,34)/t13-,14-/m0/s1. The Morgan fingerprint density at radius 2 is 2.08 bits per heavy atom. The smallest absolute Gasteiger partial charge is 0.319 e. The molecule has 2 aliphatic heterocycles. The van der Waals surface area contributed by atoms with Gasteiger partial charge in [0.05, 0.1) is 28.3 Å². The molecule has 8 nitrogen and oxygen atoms in total. The average Bonchev–Trinajstić information content (AvgIpc) is 3.37. The lowest BCUT2D eigenvalue weighted by molar-refractivity contribution is 0.0156. The molecular formula is C26H26ClF4N7OS. The molecule has 0 bridgehead atoms. The zero-order chi connectivity index (χ0) is 28.2. The number of hydrogen-bond donors (Lipinski definition) is 2. The summed E-state index contributed by atoms with van der Waals surface area (Å²) in [5.41, 5.74) is 6.73. The van der Waals surface area contributed by atoms with Crippen molar-refractivity contribution < 1.29 is 22.3 Å². The van der Waals surface area contributed by atoms with Crippen molar-refractivity contribution in [2.45, 2.75) is 24.6 Å². The van der Waals surface area contributed by atoms with E-state index in [9.17, 15) is 13.2 Å². The molecule has 0 spiro atoms. The number of hydrogen-bond acceptors (Lipinski definition) is 9. The molecule has 0 amide bonds. The van der Waals surface area contributed by atoms with Crippen LogP contribution in [0.25, 0.3) is 32.2 Å². The molecular weight excluding hydrogens is 570 g/mol. The molecule has 3 N–H and O–H groups in total. The maximum Gasteiger partial charge on any atom is 0.319 e. The van der Waals surface area contributed by atoms with Crippen LogP contribution in [-0.4, -0.2) is 84.4 Å². The number of nitrogens with zero attached hydrogens (tertiary/aromatic N) is 5. The van der Waals surface area contributed by atoms with Gasteiger partial charge in [0, 0.05) is 42.2 Å². The molecule has 4 aromatic rings. The summed E-state index contributed by atoms with van der Waals surface area (Å²) in [5, 5.41) is 3.26. The summed E-state index contributed by atoms with van der Waals surface area (Å²) in [7, 11) is 1.78. The maximum absolute atomic E-state index is 16.4. The first kappa shape index (κ1) is 27.2. The summed E-state index contributed by atoms with van der Waals surface area (Å²) < 4.78 is 66.1. The van der Waals surface area contributed by atoms with E-state index < -0.39 is 31.0 Å². The molecule has 14 heteroatoms. The number of anilines is 2. The summed E-state index contributed by atoms with van der Waals surface area (Å²) in [6, 6.07) is 6.31. The van der Waals surface area contributed by atoms with Gasteiger partial charge in [0.15, 0.2) is 10.9 Å². The van der Waals surface area contributed by atoms with Crippen LogP contribution in [0.3, 0.4) is 0 Å². The number of para-hydroxylation sites is 1. The molecule has 6 rings (SSSR count). The van der Waals surface area contributed by atoms with Crippen molar-refractivity contribution in [1.29, 1.82) is 0 Å². The van der Waals surface area contributed by atoms with Crippen LogP contribution in [0.5, 0.6) is 6.01 Å². The van der Waals surface area contributed by atoms with Crippen LogP contribution in [0.1, 0.15) is 6.42 Å². The Hall–Kier alpha value is -3.00. The van der Waals surface area contributed by atoms with Crippen LogP contribution in [0.4, 0.5) is 28.5 Å². The highest BCUT2D eigenvalue weighted by atomic mass is 35.5. The predicted octanol–water partition coefficient (Wildman–Crippen LogP) is 4.75. The molecule has 0 unspecified atom stereocenters.